The maximum Gasteiger partial charge on any atom is 0.250 e. The van der Waals surface area contributed by atoms with Gasteiger partial charge in [-0.15, -0.1) is 0 Å². The standard InChI is InChI=1S/C24H22N6O2S/c1-15(22(31)29-19-12-8-7-11-18(19)28-23(32)24(29,2)3)33-21-17-13-27-30(20(17)25-14-26-21)16-9-5-4-6-10-16/h4-15H,1-3H3,(H,28,32)/t15-/m0/s1. The fourth-order valence-corrected chi connectivity index (χ4v) is 4.84. The molecule has 2 aromatic heterocycles. The predicted molar refractivity (Wildman–Crippen MR) is 129 cm³/mol. The van der Waals surface area contributed by atoms with Crippen molar-refractivity contribution in [3.8, 4) is 5.69 Å². The summed E-state index contributed by atoms with van der Waals surface area (Å²) in [6, 6.07) is 17.1. The van der Waals surface area contributed by atoms with E-state index in [2.05, 4.69) is 20.4 Å². The molecule has 0 unspecified atom stereocenters. The van der Waals surface area contributed by atoms with Crippen LogP contribution < -0.4 is 10.2 Å². The number of para-hydroxylation sites is 3. The van der Waals surface area contributed by atoms with E-state index in [1.165, 1.54) is 18.1 Å². The molecule has 0 radical (unpaired) electrons. The fourth-order valence-electron chi connectivity index (χ4n) is 3.92. The van der Waals surface area contributed by atoms with Crippen molar-refractivity contribution in [3.05, 3.63) is 67.1 Å². The van der Waals surface area contributed by atoms with Crippen molar-refractivity contribution in [2.75, 3.05) is 10.2 Å². The molecule has 0 spiro atoms. The van der Waals surface area contributed by atoms with Gasteiger partial charge in [-0.2, -0.15) is 5.10 Å². The molecule has 1 N–H and O–H groups in total. The molecule has 0 fully saturated rings. The summed E-state index contributed by atoms with van der Waals surface area (Å²) in [6.45, 7) is 5.33. The molecule has 33 heavy (non-hydrogen) atoms. The SMILES string of the molecule is C[C@H](Sc1ncnc2c1cnn2-c1ccccc1)C(=O)N1c2ccccc2NC(=O)C1(C)C. The lowest BCUT2D eigenvalue weighted by molar-refractivity contribution is -0.126. The number of thioether (sulfide) groups is 1. The first-order valence-corrected chi connectivity index (χ1v) is 11.4. The van der Waals surface area contributed by atoms with Gasteiger partial charge in [-0.05, 0) is 45.0 Å². The van der Waals surface area contributed by atoms with Crippen LogP contribution in [-0.2, 0) is 9.59 Å². The summed E-state index contributed by atoms with van der Waals surface area (Å²) in [4.78, 5) is 36.8. The van der Waals surface area contributed by atoms with E-state index in [9.17, 15) is 9.59 Å². The lowest BCUT2D eigenvalue weighted by Gasteiger charge is -2.43. The van der Waals surface area contributed by atoms with Crippen LogP contribution in [0.3, 0.4) is 0 Å². The molecule has 2 amide bonds. The van der Waals surface area contributed by atoms with Gasteiger partial charge in [0.15, 0.2) is 5.65 Å². The van der Waals surface area contributed by atoms with Gasteiger partial charge in [0, 0.05) is 0 Å². The number of carbonyl (C=O) groups is 2. The highest BCUT2D eigenvalue weighted by Gasteiger charge is 2.44. The van der Waals surface area contributed by atoms with Gasteiger partial charge in [-0.1, -0.05) is 42.1 Å². The van der Waals surface area contributed by atoms with Gasteiger partial charge in [-0.3, -0.25) is 14.5 Å². The largest absolute Gasteiger partial charge is 0.322 e. The van der Waals surface area contributed by atoms with Crippen molar-refractivity contribution in [2.24, 2.45) is 0 Å². The normalized spacial score (nSPS) is 15.7. The van der Waals surface area contributed by atoms with E-state index in [0.29, 0.717) is 22.0 Å². The first kappa shape index (κ1) is 21.1. The van der Waals surface area contributed by atoms with Crippen LogP contribution in [0.15, 0.2) is 72.1 Å². The van der Waals surface area contributed by atoms with Crippen LogP contribution in [0, 0.1) is 0 Å². The van der Waals surface area contributed by atoms with Crippen molar-refractivity contribution < 1.29 is 9.59 Å². The van der Waals surface area contributed by atoms with E-state index < -0.39 is 10.8 Å². The number of hydrogen-bond donors (Lipinski definition) is 1. The summed E-state index contributed by atoms with van der Waals surface area (Å²) >= 11 is 1.33. The van der Waals surface area contributed by atoms with Crippen LogP contribution in [0.25, 0.3) is 16.7 Å². The molecule has 4 aromatic rings. The van der Waals surface area contributed by atoms with Crippen LogP contribution in [-0.4, -0.2) is 42.4 Å². The summed E-state index contributed by atoms with van der Waals surface area (Å²) in [7, 11) is 0. The molecule has 1 aliphatic rings. The van der Waals surface area contributed by atoms with E-state index in [0.717, 1.165) is 11.1 Å². The zero-order valence-electron chi connectivity index (χ0n) is 18.4. The minimum absolute atomic E-state index is 0.172. The average Bonchev–Trinajstić information content (AvgIpc) is 3.25. The summed E-state index contributed by atoms with van der Waals surface area (Å²) in [5, 5.41) is 8.31. The second-order valence-corrected chi connectivity index (χ2v) is 9.60. The van der Waals surface area contributed by atoms with E-state index in [1.54, 1.807) is 35.7 Å². The molecule has 166 valence electrons. The molecule has 1 aliphatic heterocycles. The van der Waals surface area contributed by atoms with Gasteiger partial charge < -0.3 is 5.32 Å². The Balaban J connectivity index is 1.48. The Kier molecular flexibility index (Phi) is 5.13. The highest BCUT2D eigenvalue weighted by Crippen LogP contribution is 2.39. The van der Waals surface area contributed by atoms with Gasteiger partial charge in [0.25, 0.3) is 0 Å². The third-order valence-electron chi connectivity index (χ3n) is 5.69. The predicted octanol–water partition coefficient (Wildman–Crippen LogP) is 4.06. The highest BCUT2D eigenvalue weighted by molar-refractivity contribution is 8.00. The van der Waals surface area contributed by atoms with Crippen LogP contribution in [0.4, 0.5) is 11.4 Å². The van der Waals surface area contributed by atoms with E-state index in [1.807, 2.05) is 55.5 Å². The average molecular weight is 459 g/mol. The Labute approximate surface area is 195 Å². The van der Waals surface area contributed by atoms with Crippen molar-refractivity contribution in [3.63, 3.8) is 0 Å². The van der Waals surface area contributed by atoms with Gasteiger partial charge in [0.1, 0.15) is 16.9 Å². The van der Waals surface area contributed by atoms with Gasteiger partial charge in [0.05, 0.1) is 33.9 Å². The minimum atomic E-state index is -1.03. The van der Waals surface area contributed by atoms with Gasteiger partial charge >= 0.3 is 0 Å². The molecular formula is C24H22N6O2S. The van der Waals surface area contributed by atoms with E-state index >= 15 is 0 Å². The van der Waals surface area contributed by atoms with Crippen LogP contribution in [0.5, 0.6) is 0 Å². The van der Waals surface area contributed by atoms with Crippen molar-refractivity contribution in [1.29, 1.82) is 0 Å². The number of aromatic nitrogens is 4. The number of nitrogens with one attached hydrogen (secondary N) is 1. The Morgan fingerprint density at radius 1 is 1.06 bits per heavy atom. The van der Waals surface area contributed by atoms with Crippen LogP contribution in [0.1, 0.15) is 20.8 Å². The number of rotatable bonds is 4. The van der Waals surface area contributed by atoms with Gasteiger partial charge in [-0.25, -0.2) is 14.6 Å². The number of benzene rings is 2. The maximum atomic E-state index is 13.6. The van der Waals surface area contributed by atoms with Crippen molar-refractivity contribution >= 4 is 46.0 Å². The topological polar surface area (TPSA) is 93.0 Å². The molecular weight excluding hydrogens is 436 g/mol. The van der Waals surface area contributed by atoms with Crippen LogP contribution in [0.2, 0.25) is 0 Å². The number of carbonyl (C=O) groups excluding carboxylic acids is 2. The second kappa shape index (κ2) is 8.00. The quantitative estimate of drug-likeness (QED) is 0.366. The molecule has 0 saturated heterocycles. The zero-order valence-corrected chi connectivity index (χ0v) is 19.2. The molecule has 2 aromatic carbocycles. The van der Waals surface area contributed by atoms with E-state index in [4.69, 9.17) is 0 Å². The summed E-state index contributed by atoms with van der Waals surface area (Å²) in [5.41, 5.74) is 1.84. The number of fused-ring (bicyclic) bond motifs is 2. The second-order valence-electron chi connectivity index (χ2n) is 8.27. The van der Waals surface area contributed by atoms with Gasteiger partial charge in [0.2, 0.25) is 11.8 Å². The Morgan fingerprint density at radius 2 is 1.79 bits per heavy atom. The lowest BCUT2D eigenvalue weighted by Crippen LogP contribution is -2.60. The number of amides is 2. The van der Waals surface area contributed by atoms with Crippen molar-refractivity contribution in [1.82, 2.24) is 19.7 Å². The Morgan fingerprint density at radius 3 is 2.58 bits per heavy atom. The highest BCUT2D eigenvalue weighted by atomic mass is 32.2. The molecule has 9 heteroatoms. The molecule has 3 heterocycles. The smallest absolute Gasteiger partial charge is 0.250 e. The Bertz CT molecular complexity index is 1370. The van der Waals surface area contributed by atoms with E-state index in [-0.39, 0.29) is 11.8 Å². The molecule has 0 aliphatic carbocycles. The fraction of sp³-hybridized carbons (Fsp3) is 0.208. The molecule has 0 bridgehead atoms. The third kappa shape index (κ3) is 3.54. The summed E-state index contributed by atoms with van der Waals surface area (Å²) < 4.78 is 1.75. The zero-order chi connectivity index (χ0) is 23.2. The van der Waals surface area contributed by atoms with Crippen LogP contribution >= 0.6 is 11.8 Å². The molecule has 0 saturated carbocycles. The number of hydrogen-bond acceptors (Lipinski definition) is 6. The Hall–Kier alpha value is -3.72. The molecule has 8 nitrogen and oxygen atoms in total. The summed E-state index contributed by atoms with van der Waals surface area (Å²) in [5.74, 6) is -0.394. The third-order valence-corrected chi connectivity index (χ3v) is 6.80. The molecule has 5 rings (SSSR count). The first-order chi connectivity index (χ1) is 15.9. The maximum absolute atomic E-state index is 13.6. The lowest BCUT2D eigenvalue weighted by atomic mass is 9.96. The monoisotopic (exact) mass is 458 g/mol. The van der Waals surface area contributed by atoms with Crippen molar-refractivity contribution in [2.45, 2.75) is 36.6 Å². The minimum Gasteiger partial charge on any atom is -0.322 e. The first-order valence-electron chi connectivity index (χ1n) is 10.5. The summed E-state index contributed by atoms with van der Waals surface area (Å²) in [6.07, 6.45) is 3.20. The number of anilines is 2. The molecule has 1 atom stereocenters. The number of nitrogens with zero attached hydrogens (tertiary/aromatic N) is 5.